The van der Waals surface area contributed by atoms with Gasteiger partial charge in [-0.1, -0.05) is 17.4 Å². The highest BCUT2D eigenvalue weighted by atomic mass is 32.2. The molecule has 12 heteroatoms. The molecule has 1 aliphatic heterocycles. The van der Waals surface area contributed by atoms with E-state index in [0.29, 0.717) is 39.8 Å². The van der Waals surface area contributed by atoms with Crippen LogP contribution in [0.5, 0.6) is 0 Å². The topological polar surface area (TPSA) is 73.8 Å². The highest BCUT2D eigenvalue weighted by molar-refractivity contribution is 7.91. The van der Waals surface area contributed by atoms with E-state index in [1.54, 1.807) is 22.4 Å². The molecule has 1 aromatic carbocycles. The molecule has 3 heterocycles. The molecular formula is C22H26F2N4O3S3. The maximum atomic E-state index is 14.2. The summed E-state index contributed by atoms with van der Waals surface area (Å²) in [5.41, 5.74) is 0.0451. The van der Waals surface area contributed by atoms with Crippen molar-refractivity contribution < 1.29 is 22.0 Å². The Hall–Kier alpha value is -1.99. The van der Waals surface area contributed by atoms with E-state index in [4.69, 9.17) is 0 Å². The van der Waals surface area contributed by atoms with Crippen LogP contribution >= 0.6 is 22.7 Å². The molecule has 3 aromatic rings. The van der Waals surface area contributed by atoms with Gasteiger partial charge in [-0.3, -0.25) is 9.69 Å². The summed E-state index contributed by atoms with van der Waals surface area (Å²) in [6.07, 6.45) is 1.46. The van der Waals surface area contributed by atoms with Crippen molar-refractivity contribution in [3.63, 3.8) is 0 Å². The van der Waals surface area contributed by atoms with Crippen LogP contribution in [-0.2, 0) is 14.8 Å². The molecule has 184 valence electrons. The normalized spacial score (nSPS) is 15.9. The molecule has 2 aromatic heterocycles. The fourth-order valence-corrected chi connectivity index (χ4v) is 7.66. The highest BCUT2D eigenvalue weighted by Gasteiger charge is 2.35. The minimum Gasteiger partial charge on any atom is -0.309 e. The number of hydrogen-bond donors (Lipinski definition) is 0. The van der Waals surface area contributed by atoms with Crippen LogP contribution in [0, 0.1) is 17.6 Å². The Morgan fingerprint density at radius 2 is 1.94 bits per heavy atom. The zero-order valence-corrected chi connectivity index (χ0v) is 21.4. The summed E-state index contributed by atoms with van der Waals surface area (Å²) in [5.74, 6) is -1.98. The lowest BCUT2D eigenvalue weighted by molar-refractivity contribution is -0.123. The number of anilines is 1. The van der Waals surface area contributed by atoms with Crippen LogP contribution in [-0.4, -0.2) is 68.8 Å². The van der Waals surface area contributed by atoms with Gasteiger partial charge in [0.15, 0.2) is 10.9 Å². The average molecular weight is 529 g/mol. The number of hydrogen-bond acceptors (Lipinski definition) is 7. The second kappa shape index (κ2) is 10.3. The largest absolute Gasteiger partial charge is 0.309 e. The Morgan fingerprint density at radius 3 is 2.59 bits per heavy atom. The number of carbonyl (C=O) groups excluding carboxylic acids is 1. The SMILES string of the molecule is CN(C)CCCN(C(=O)C1CCN(S(=O)(=O)c2cccs2)CC1)c1nc2c(F)cc(F)cc2s1. The number of nitrogens with zero attached hydrogens (tertiary/aromatic N) is 4. The minimum atomic E-state index is -3.56. The molecule has 0 aliphatic carbocycles. The number of fused-ring (bicyclic) bond motifs is 1. The van der Waals surface area contributed by atoms with E-state index < -0.39 is 21.7 Å². The summed E-state index contributed by atoms with van der Waals surface area (Å²) in [5, 5.41) is 2.05. The van der Waals surface area contributed by atoms with E-state index in [2.05, 4.69) is 4.98 Å². The zero-order chi connectivity index (χ0) is 24.5. The summed E-state index contributed by atoms with van der Waals surface area (Å²) < 4.78 is 55.6. The second-order valence-corrected chi connectivity index (χ2v) is 12.6. The fraction of sp³-hybridized carbons (Fsp3) is 0.455. The Kier molecular flexibility index (Phi) is 7.63. The number of piperidine rings is 1. The highest BCUT2D eigenvalue weighted by Crippen LogP contribution is 2.34. The van der Waals surface area contributed by atoms with Crippen molar-refractivity contribution in [1.29, 1.82) is 0 Å². The fourth-order valence-electron chi connectivity index (χ4n) is 4.01. The van der Waals surface area contributed by atoms with Gasteiger partial charge in [0, 0.05) is 31.6 Å². The molecule has 1 saturated heterocycles. The summed E-state index contributed by atoms with van der Waals surface area (Å²) in [4.78, 5) is 21.4. The monoisotopic (exact) mass is 528 g/mol. The zero-order valence-electron chi connectivity index (χ0n) is 18.9. The average Bonchev–Trinajstić information content (AvgIpc) is 3.47. The van der Waals surface area contributed by atoms with Crippen molar-refractivity contribution in [3.05, 3.63) is 41.3 Å². The molecule has 0 N–H and O–H groups in total. The Morgan fingerprint density at radius 1 is 1.21 bits per heavy atom. The van der Waals surface area contributed by atoms with Crippen molar-refractivity contribution in [1.82, 2.24) is 14.2 Å². The molecular weight excluding hydrogens is 502 g/mol. The number of amides is 1. The van der Waals surface area contributed by atoms with E-state index in [0.717, 1.165) is 23.9 Å². The van der Waals surface area contributed by atoms with Crippen LogP contribution in [0.4, 0.5) is 13.9 Å². The molecule has 4 rings (SSSR count). The van der Waals surface area contributed by atoms with E-state index in [9.17, 15) is 22.0 Å². The summed E-state index contributed by atoms with van der Waals surface area (Å²) in [6.45, 7) is 1.63. The molecule has 0 radical (unpaired) electrons. The van der Waals surface area contributed by atoms with E-state index >= 15 is 0 Å². The first kappa shape index (κ1) is 25.1. The van der Waals surface area contributed by atoms with Gasteiger partial charge < -0.3 is 4.90 Å². The second-order valence-electron chi connectivity index (χ2n) is 8.49. The quantitative estimate of drug-likeness (QED) is 0.442. The third-order valence-corrected chi connectivity index (χ3v) is 10.1. The molecule has 0 saturated carbocycles. The minimum absolute atomic E-state index is 0.0451. The molecule has 34 heavy (non-hydrogen) atoms. The molecule has 1 amide bonds. The number of sulfonamides is 1. The van der Waals surface area contributed by atoms with E-state index in [1.807, 2.05) is 19.0 Å². The van der Waals surface area contributed by atoms with Crippen molar-refractivity contribution in [2.45, 2.75) is 23.5 Å². The molecule has 0 unspecified atom stereocenters. The van der Waals surface area contributed by atoms with Crippen LogP contribution in [0.25, 0.3) is 10.2 Å². The first-order valence-corrected chi connectivity index (χ1v) is 14.1. The number of aromatic nitrogens is 1. The molecule has 0 atom stereocenters. The van der Waals surface area contributed by atoms with Gasteiger partial charge in [-0.15, -0.1) is 11.3 Å². The number of halogens is 2. The Labute approximate surface area is 205 Å². The van der Waals surface area contributed by atoms with Gasteiger partial charge in [0.1, 0.15) is 15.5 Å². The van der Waals surface area contributed by atoms with Crippen LogP contribution in [0.1, 0.15) is 19.3 Å². The third-order valence-electron chi connectivity index (χ3n) is 5.78. The third kappa shape index (κ3) is 5.30. The van der Waals surface area contributed by atoms with Crippen LogP contribution in [0.3, 0.4) is 0 Å². The Balaban J connectivity index is 1.53. The van der Waals surface area contributed by atoms with Crippen molar-refractivity contribution >= 4 is 54.0 Å². The summed E-state index contributed by atoms with van der Waals surface area (Å²) >= 11 is 2.26. The smallest absolute Gasteiger partial charge is 0.252 e. The lowest BCUT2D eigenvalue weighted by atomic mass is 9.96. The first-order chi connectivity index (χ1) is 16.2. The van der Waals surface area contributed by atoms with Crippen LogP contribution in [0.2, 0.25) is 0 Å². The van der Waals surface area contributed by atoms with Gasteiger partial charge >= 0.3 is 0 Å². The molecule has 7 nitrogen and oxygen atoms in total. The molecule has 0 spiro atoms. The van der Waals surface area contributed by atoms with Gasteiger partial charge in [0.2, 0.25) is 5.91 Å². The van der Waals surface area contributed by atoms with Gasteiger partial charge in [-0.05, 0) is 57.4 Å². The number of carbonyl (C=O) groups is 1. The number of thiophene rings is 1. The maximum Gasteiger partial charge on any atom is 0.252 e. The first-order valence-electron chi connectivity index (χ1n) is 10.9. The predicted molar refractivity (Wildman–Crippen MR) is 131 cm³/mol. The van der Waals surface area contributed by atoms with Crippen molar-refractivity contribution in [2.75, 3.05) is 45.2 Å². The van der Waals surface area contributed by atoms with Crippen LogP contribution < -0.4 is 4.90 Å². The van der Waals surface area contributed by atoms with Crippen molar-refractivity contribution in [3.8, 4) is 0 Å². The lowest BCUT2D eigenvalue weighted by Crippen LogP contribution is -2.45. The van der Waals surface area contributed by atoms with Gasteiger partial charge in [0.05, 0.1) is 4.70 Å². The Bertz CT molecular complexity index is 1250. The predicted octanol–water partition coefficient (Wildman–Crippen LogP) is 4.02. The van der Waals surface area contributed by atoms with Gasteiger partial charge in [0.25, 0.3) is 10.0 Å². The maximum absolute atomic E-state index is 14.2. The summed E-state index contributed by atoms with van der Waals surface area (Å²) in [6, 6.07) is 5.29. The van der Waals surface area contributed by atoms with E-state index in [1.165, 1.54) is 21.7 Å². The van der Waals surface area contributed by atoms with Gasteiger partial charge in [-0.2, -0.15) is 4.31 Å². The molecule has 1 fully saturated rings. The molecule has 0 bridgehead atoms. The number of benzene rings is 1. The molecule has 1 aliphatic rings. The van der Waals surface area contributed by atoms with Crippen LogP contribution in [0.15, 0.2) is 33.9 Å². The van der Waals surface area contributed by atoms with Gasteiger partial charge in [-0.25, -0.2) is 22.2 Å². The summed E-state index contributed by atoms with van der Waals surface area (Å²) in [7, 11) is 0.316. The van der Waals surface area contributed by atoms with Crippen molar-refractivity contribution in [2.24, 2.45) is 5.92 Å². The van der Waals surface area contributed by atoms with E-state index in [-0.39, 0.29) is 30.4 Å². The number of rotatable bonds is 8. The standard InChI is InChI=1S/C22H26F2N4O3S3/c1-26(2)8-4-9-28(22-25-20-17(24)13-16(23)14-18(20)33-22)21(29)15-6-10-27(11-7-15)34(30,31)19-5-3-12-32-19/h3,5,12-15H,4,6-11H2,1-2H3. The lowest BCUT2D eigenvalue weighted by Gasteiger charge is -2.32. The number of thiazole rings is 1.